The van der Waals surface area contributed by atoms with E-state index in [4.69, 9.17) is 5.84 Å². The van der Waals surface area contributed by atoms with Gasteiger partial charge in [0.05, 0.1) is 11.4 Å². The summed E-state index contributed by atoms with van der Waals surface area (Å²) in [7, 11) is 2.13. The highest BCUT2D eigenvalue weighted by Crippen LogP contribution is 2.24. The Balaban J connectivity index is 2.70. The Hall–Kier alpha value is -1.13. The Morgan fingerprint density at radius 1 is 1.47 bits per heavy atom. The van der Waals surface area contributed by atoms with Gasteiger partial charge in [-0.05, 0) is 31.5 Å². The summed E-state index contributed by atoms with van der Waals surface area (Å²) in [5.41, 5.74) is 4.83. The van der Waals surface area contributed by atoms with Gasteiger partial charge in [-0.2, -0.15) is 0 Å². The summed E-state index contributed by atoms with van der Waals surface area (Å²) in [6.45, 7) is 9.82. The van der Waals surface area contributed by atoms with Crippen LogP contribution in [0, 0.1) is 5.41 Å². The molecule has 4 heteroatoms. The molecule has 0 spiro atoms. The Kier molecular flexibility index (Phi) is 4.48. The standard InChI is InChI=1S/C13H24N4/c1-10(13(2,3)4)17(5)9-12-8-11(16-14)6-7-15-12/h6-8,10H,9,14H2,1-5H3,(H,15,16). The third kappa shape index (κ3) is 3.98. The number of pyridine rings is 1. The van der Waals surface area contributed by atoms with E-state index in [-0.39, 0.29) is 5.41 Å². The van der Waals surface area contributed by atoms with Crippen LogP contribution in [-0.2, 0) is 6.54 Å². The van der Waals surface area contributed by atoms with Gasteiger partial charge in [-0.3, -0.25) is 15.7 Å². The molecular weight excluding hydrogens is 212 g/mol. The van der Waals surface area contributed by atoms with Gasteiger partial charge in [-0.15, -0.1) is 0 Å². The number of hydrogen-bond acceptors (Lipinski definition) is 4. The van der Waals surface area contributed by atoms with E-state index >= 15 is 0 Å². The van der Waals surface area contributed by atoms with Crippen molar-refractivity contribution in [3.8, 4) is 0 Å². The van der Waals surface area contributed by atoms with Crippen LogP contribution in [0.5, 0.6) is 0 Å². The molecular formula is C13H24N4. The van der Waals surface area contributed by atoms with Crippen LogP contribution in [-0.4, -0.2) is 23.0 Å². The molecule has 1 aromatic rings. The second-order valence-electron chi connectivity index (χ2n) is 5.64. The first-order valence-corrected chi connectivity index (χ1v) is 5.96. The van der Waals surface area contributed by atoms with Crippen LogP contribution in [0.25, 0.3) is 0 Å². The highest BCUT2D eigenvalue weighted by atomic mass is 15.2. The SMILES string of the molecule is CC(N(C)Cc1cc(NN)ccn1)C(C)(C)C. The number of hydrogen-bond donors (Lipinski definition) is 2. The van der Waals surface area contributed by atoms with E-state index in [0.717, 1.165) is 17.9 Å². The fraction of sp³-hybridized carbons (Fsp3) is 0.615. The van der Waals surface area contributed by atoms with Gasteiger partial charge < -0.3 is 5.43 Å². The third-order valence-corrected chi connectivity index (χ3v) is 3.31. The number of rotatable bonds is 4. The molecule has 1 atom stereocenters. The van der Waals surface area contributed by atoms with Crippen molar-refractivity contribution in [3.63, 3.8) is 0 Å². The van der Waals surface area contributed by atoms with Crippen molar-refractivity contribution in [1.29, 1.82) is 0 Å². The maximum atomic E-state index is 5.39. The fourth-order valence-corrected chi connectivity index (χ4v) is 1.71. The smallest absolute Gasteiger partial charge is 0.0564 e. The Morgan fingerprint density at radius 3 is 2.65 bits per heavy atom. The maximum Gasteiger partial charge on any atom is 0.0564 e. The van der Waals surface area contributed by atoms with Gasteiger partial charge in [0.2, 0.25) is 0 Å². The molecule has 0 aliphatic heterocycles. The first-order valence-electron chi connectivity index (χ1n) is 5.96. The highest BCUT2D eigenvalue weighted by molar-refractivity contribution is 5.41. The highest BCUT2D eigenvalue weighted by Gasteiger charge is 2.23. The molecule has 0 saturated heterocycles. The largest absolute Gasteiger partial charge is 0.324 e. The average Bonchev–Trinajstić information content (AvgIpc) is 2.27. The number of nitrogen functional groups attached to an aromatic ring is 1. The second-order valence-corrected chi connectivity index (χ2v) is 5.64. The van der Waals surface area contributed by atoms with E-state index in [9.17, 15) is 0 Å². The summed E-state index contributed by atoms with van der Waals surface area (Å²) in [4.78, 5) is 6.66. The van der Waals surface area contributed by atoms with Crippen molar-refractivity contribution in [2.75, 3.05) is 12.5 Å². The van der Waals surface area contributed by atoms with Gasteiger partial charge in [0.25, 0.3) is 0 Å². The number of aromatic nitrogens is 1. The molecule has 0 saturated carbocycles. The van der Waals surface area contributed by atoms with Crippen molar-refractivity contribution in [2.45, 2.75) is 40.3 Å². The summed E-state index contributed by atoms with van der Waals surface area (Å²) in [5, 5.41) is 0. The molecule has 0 amide bonds. The normalized spacial score (nSPS) is 13.8. The van der Waals surface area contributed by atoms with Gasteiger partial charge in [-0.1, -0.05) is 20.8 Å². The zero-order valence-electron chi connectivity index (χ0n) is 11.5. The van der Waals surface area contributed by atoms with Crippen LogP contribution < -0.4 is 11.3 Å². The zero-order valence-corrected chi connectivity index (χ0v) is 11.5. The molecule has 4 nitrogen and oxygen atoms in total. The van der Waals surface area contributed by atoms with E-state index in [1.807, 2.05) is 12.1 Å². The van der Waals surface area contributed by atoms with Crippen LogP contribution in [0.2, 0.25) is 0 Å². The van der Waals surface area contributed by atoms with Crippen molar-refractivity contribution in [3.05, 3.63) is 24.0 Å². The predicted molar refractivity (Wildman–Crippen MR) is 72.4 cm³/mol. The van der Waals surface area contributed by atoms with Gasteiger partial charge in [0, 0.05) is 18.8 Å². The minimum absolute atomic E-state index is 0.262. The summed E-state index contributed by atoms with van der Waals surface area (Å²) >= 11 is 0. The predicted octanol–water partition coefficient (Wildman–Crippen LogP) is 2.23. The molecule has 1 aromatic heterocycles. The van der Waals surface area contributed by atoms with Crippen LogP contribution in [0.3, 0.4) is 0 Å². The first-order chi connectivity index (χ1) is 7.84. The molecule has 0 aromatic carbocycles. The summed E-state index contributed by atoms with van der Waals surface area (Å²) < 4.78 is 0. The average molecular weight is 236 g/mol. The molecule has 0 aliphatic rings. The van der Waals surface area contributed by atoms with Crippen LogP contribution in [0.4, 0.5) is 5.69 Å². The molecule has 1 heterocycles. The van der Waals surface area contributed by atoms with E-state index in [1.54, 1.807) is 6.20 Å². The van der Waals surface area contributed by atoms with Crippen molar-refractivity contribution < 1.29 is 0 Å². The second kappa shape index (κ2) is 5.47. The van der Waals surface area contributed by atoms with Gasteiger partial charge in [0.1, 0.15) is 0 Å². The fourth-order valence-electron chi connectivity index (χ4n) is 1.71. The lowest BCUT2D eigenvalue weighted by Crippen LogP contribution is -2.38. The monoisotopic (exact) mass is 236 g/mol. The minimum atomic E-state index is 0.262. The number of hydrazine groups is 1. The quantitative estimate of drug-likeness (QED) is 0.622. The molecule has 3 N–H and O–H groups in total. The van der Waals surface area contributed by atoms with E-state index in [1.165, 1.54) is 0 Å². The van der Waals surface area contributed by atoms with E-state index < -0.39 is 0 Å². The topological polar surface area (TPSA) is 54.2 Å². The molecule has 96 valence electrons. The summed E-state index contributed by atoms with van der Waals surface area (Å²) in [5.74, 6) is 5.39. The zero-order chi connectivity index (χ0) is 13.1. The summed E-state index contributed by atoms with van der Waals surface area (Å²) in [6.07, 6.45) is 1.78. The minimum Gasteiger partial charge on any atom is -0.324 e. The van der Waals surface area contributed by atoms with Crippen LogP contribution in [0.15, 0.2) is 18.3 Å². The maximum absolute atomic E-state index is 5.39. The lowest BCUT2D eigenvalue weighted by Gasteiger charge is -2.35. The molecule has 0 fully saturated rings. The molecule has 1 rings (SSSR count). The molecule has 0 radical (unpaired) electrons. The Morgan fingerprint density at radius 2 is 2.12 bits per heavy atom. The van der Waals surface area contributed by atoms with Crippen LogP contribution in [0.1, 0.15) is 33.4 Å². The number of nitrogens with one attached hydrogen (secondary N) is 1. The number of anilines is 1. The van der Waals surface area contributed by atoms with Gasteiger partial charge >= 0.3 is 0 Å². The van der Waals surface area contributed by atoms with E-state index in [2.05, 4.69) is 50.1 Å². The van der Waals surface area contributed by atoms with Crippen molar-refractivity contribution in [1.82, 2.24) is 9.88 Å². The Labute approximate surface area is 104 Å². The molecule has 0 bridgehead atoms. The lowest BCUT2D eigenvalue weighted by atomic mass is 9.87. The van der Waals surface area contributed by atoms with E-state index in [0.29, 0.717) is 6.04 Å². The molecule has 0 aliphatic carbocycles. The summed E-state index contributed by atoms with van der Waals surface area (Å²) in [6, 6.07) is 4.32. The van der Waals surface area contributed by atoms with Crippen molar-refractivity contribution in [2.24, 2.45) is 11.3 Å². The van der Waals surface area contributed by atoms with Gasteiger partial charge in [-0.25, -0.2) is 0 Å². The van der Waals surface area contributed by atoms with Crippen molar-refractivity contribution >= 4 is 5.69 Å². The Bertz CT molecular complexity index is 357. The molecule has 1 unspecified atom stereocenters. The van der Waals surface area contributed by atoms with Crippen LogP contribution >= 0.6 is 0 Å². The molecule has 17 heavy (non-hydrogen) atoms. The lowest BCUT2D eigenvalue weighted by molar-refractivity contribution is 0.133. The number of nitrogens with zero attached hydrogens (tertiary/aromatic N) is 2. The third-order valence-electron chi connectivity index (χ3n) is 3.31. The number of nitrogens with two attached hydrogens (primary N) is 1. The first kappa shape index (κ1) is 13.9. The van der Waals surface area contributed by atoms with Gasteiger partial charge in [0.15, 0.2) is 0 Å².